The summed E-state index contributed by atoms with van der Waals surface area (Å²) in [6.07, 6.45) is -0.693. The Hall–Kier alpha value is -3.17. The number of hydrogen-bond donors (Lipinski definition) is 2. The van der Waals surface area contributed by atoms with Crippen LogP contribution in [0.25, 0.3) is 5.65 Å². The van der Waals surface area contributed by atoms with E-state index >= 15 is 0 Å². The molecule has 0 spiro atoms. The van der Waals surface area contributed by atoms with Crippen LogP contribution in [0.4, 0.5) is 4.79 Å². The maximum absolute atomic E-state index is 13.3. The van der Waals surface area contributed by atoms with Gasteiger partial charge in [0.05, 0.1) is 13.2 Å². The van der Waals surface area contributed by atoms with Gasteiger partial charge in [-0.3, -0.25) is 9.20 Å². The van der Waals surface area contributed by atoms with Crippen molar-refractivity contribution in [3.05, 3.63) is 64.6 Å². The van der Waals surface area contributed by atoms with Crippen molar-refractivity contribution in [3.63, 3.8) is 0 Å². The second-order valence-corrected chi connectivity index (χ2v) is 10.2. The summed E-state index contributed by atoms with van der Waals surface area (Å²) in [6, 6.07) is 12.6. The number of aromatic nitrogens is 3. The lowest BCUT2D eigenvalue weighted by Gasteiger charge is -2.29. The average molecular weight is 502 g/mol. The monoisotopic (exact) mass is 501 g/mol. The molecule has 2 N–H and O–H groups in total. The quantitative estimate of drug-likeness (QED) is 0.444. The number of carbonyl (C=O) groups excluding carboxylic acids is 2. The van der Waals surface area contributed by atoms with Gasteiger partial charge in [-0.2, -0.15) is 0 Å². The number of ether oxygens (including phenoxy) is 2. The first-order chi connectivity index (χ1) is 16.4. The second-order valence-electron chi connectivity index (χ2n) is 9.84. The SMILES string of the molecule is Cc1ccc2nnc([C@@H](COCc3ccccc3)NC(=O)C(C)(C)NC(=O)OC(C)(C)C)n2c1Cl. The molecule has 2 aromatic heterocycles. The molecule has 0 radical (unpaired) electrons. The first-order valence-electron chi connectivity index (χ1n) is 11.3. The number of benzene rings is 1. The van der Waals surface area contributed by atoms with E-state index in [0.29, 0.717) is 23.2 Å². The van der Waals surface area contributed by atoms with Crippen molar-refractivity contribution in [2.45, 2.75) is 65.3 Å². The molecule has 10 heteroatoms. The Kier molecular flexibility index (Phi) is 8.02. The van der Waals surface area contributed by atoms with Gasteiger partial charge < -0.3 is 20.1 Å². The molecule has 3 rings (SSSR count). The van der Waals surface area contributed by atoms with Crippen molar-refractivity contribution in [1.29, 1.82) is 0 Å². The molecule has 0 aliphatic heterocycles. The molecule has 0 aliphatic rings. The molecule has 188 valence electrons. The summed E-state index contributed by atoms with van der Waals surface area (Å²) in [6.45, 7) is 10.8. The van der Waals surface area contributed by atoms with E-state index in [2.05, 4.69) is 20.8 Å². The van der Waals surface area contributed by atoms with Crippen LogP contribution in [-0.4, -0.2) is 44.3 Å². The van der Waals surface area contributed by atoms with Gasteiger partial charge in [-0.25, -0.2) is 4.79 Å². The number of carbonyl (C=O) groups is 2. The minimum absolute atomic E-state index is 0.105. The average Bonchev–Trinajstić information content (AvgIpc) is 3.19. The highest BCUT2D eigenvalue weighted by Gasteiger charge is 2.34. The van der Waals surface area contributed by atoms with Gasteiger partial charge in [0, 0.05) is 0 Å². The molecule has 3 aromatic rings. The summed E-state index contributed by atoms with van der Waals surface area (Å²) in [5.41, 5.74) is 0.399. The van der Waals surface area contributed by atoms with Gasteiger partial charge in [0.25, 0.3) is 0 Å². The largest absolute Gasteiger partial charge is 0.444 e. The van der Waals surface area contributed by atoms with Crippen LogP contribution >= 0.6 is 11.6 Å². The van der Waals surface area contributed by atoms with E-state index in [9.17, 15) is 9.59 Å². The molecule has 0 aliphatic carbocycles. The summed E-state index contributed by atoms with van der Waals surface area (Å²) in [5.74, 6) is -0.0274. The minimum atomic E-state index is -1.28. The Morgan fingerprint density at radius 1 is 1.06 bits per heavy atom. The Labute approximate surface area is 210 Å². The lowest BCUT2D eigenvalue weighted by Crippen LogP contribution is -2.56. The predicted octanol–water partition coefficient (Wildman–Crippen LogP) is 4.37. The standard InChI is InChI=1S/C25H32ClN5O4/c1-16-12-13-19-29-30-21(31(19)20(16)26)18(15-34-14-17-10-8-7-9-11-17)27-22(32)25(5,6)28-23(33)35-24(2,3)4/h7-13,18H,14-15H2,1-6H3,(H,27,32)(H,28,33)/t18-/m1/s1. The zero-order valence-corrected chi connectivity index (χ0v) is 21.6. The van der Waals surface area contributed by atoms with Crippen molar-refractivity contribution < 1.29 is 19.1 Å². The molecular formula is C25H32ClN5O4. The Morgan fingerprint density at radius 2 is 1.74 bits per heavy atom. The third kappa shape index (κ3) is 6.93. The summed E-state index contributed by atoms with van der Waals surface area (Å²) < 4.78 is 12.9. The molecule has 1 atom stereocenters. The number of amides is 2. The Morgan fingerprint density at radius 3 is 2.40 bits per heavy atom. The van der Waals surface area contributed by atoms with E-state index in [0.717, 1.165) is 11.1 Å². The van der Waals surface area contributed by atoms with E-state index in [1.54, 1.807) is 45.1 Å². The molecule has 9 nitrogen and oxygen atoms in total. The van der Waals surface area contributed by atoms with Crippen LogP contribution in [0.3, 0.4) is 0 Å². The van der Waals surface area contributed by atoms with Crippen LogP contribution in [0.5, 0.6) is 0 Å². The van der Waals surface area contributed by atoms with Crippen molar-refractivity contribution in [2.24, 2.45) is 0 Å². The van der Waals surface area contributed by atoms with E-state index in [4.69, 9.17) is 21.1 Å². The first kappa shape index (κ1) is 26.4. The number of halogens is 1. The topological polar surface area (TPSA) is 107 Å². The van der Waals surface area contributed by atoms with Crippen molar-refractivity contribution in [1.82, 2.24) is 25.2 Å². The number of rotatable bonds is 8. The van der Waals surface area contributed by atoms with Crippen LogP contribution in [0.15, 0.2) is 42.5 Å². The molecule has 2 amide bonds. The smallest absolute Gasteiger partial charge is 0.408 e. The van der Waals surface area contributed by atoms with Gasteiger partial charge >= 0.3 is 6.09 Å². The normalized spacial score (nSPS) is 12.9. The van der Waals surface area contributed by atoms with E-state index in [1.165, 1.54) is 0 Å². The molecule has 0 bridgehead atoms. The highest BCUT2D eigenvalue weighted by molar-refractivity contribution is 6.30. The molecule has 2 heterocycles. The number of nitrogens with zero attached hydrogens (tertiary/aromatic N) is 3. The van der Waals surface area contributed by atoms with Gasteiger partial charge in [-0.1, -0.05) is 48.0 Å². The van der Waals surface area contributed by atoms with Gasteiger partial charge in [0.1, 0.15) is 22.3 Å². The summed E-state index contributed by atoms with van der Waals surface area (Å²) in [7, 11) is 0. The molecule has 0 saturated carbocycles. The van der Waals surface area contributed by atoms with Gasteiger partial charge in [0.2, 0.25) is 5.91 Å². The van der Waals surface area contributed by atoms with Gasteiger partial charge in [-0.05, 0) is 58.7 Å². The van der Waals surface area contributed by atoms with Gasteiger partial charge in [0.15, 0.2) is 11.5 Å². The first-order valence-corrected chi connectivity index (χ1v) is 11.7. The van der Waals surface area contributed by atoms with Crippen LogP contribution in [0, 0.1) is 6.92 Å². The summed E-state index contributed by atoms with van der Waals surface area (Å²) in [4.78, 5) is 25.6. The number of hydrogen-bond acceptors (Lipinski definition) is 6. The third-order valence-electron chi connectivity index (χ3n) is 5.11. The Balaban J connectivity index is 1.83. The van der Waals surface area contributed by atoms with E-state index in [1.807, 2.05) is 43.3 Å². The number of pyridine rings is 1. The third-order valence-corrected chi connectivity index (χ3v) is 5.58. The fourth-order valence-electron chi connectivity index (χ4n) is 3.29. The molecular weight excluding hydrogens is 470 g/mol. The van der Waals surface area contributed by atoms with Crippen molar-refractivity contribution >= 4 is 29.2 Å². The fraction of sp³-hybridized carbons (Fsp3) is 0.440. The second kappa shape index (κ2) is 10.6. The van der Waals surface area contributed by atoms with Crippen LogP contribution in [-0.2, 0) is 20.9 Å². The maximum Gasteiger partial charge on any atom is 0.408 e. The molecule has 35 heavy (non-hydrogen) atoms. The number of aryl methyl sites for hydroxylation is 1. The minimum Gasteiger partial charge on any atom is -0.444 e. The lowest BCUT2D eigenvalue weighted by atomic mass is 10.0. The number of nitrogens with one attached hydrogen (secondary N) is 2. The van der Waals surface area contributed by atoms with Crippen molar-refractivity contribution in [3.8, 4) is 0 Å². The molecule has 0 fully saturated rings. The van der Waals surface area contributed by atoms with Crippen LogP contribution in [0.2, 0.25) is 5.15 Å². The zero-order chi connectivity index (χ0) is 25.8. The molecule has 0 unspecified atom stereocenters. The lowest BCUT2D eigenvalue weighted by molar-refractivity contribution is -0.127. The highest BCUT2D eigenvalue weighted by Crippen LogP contribution is 2.23. The summed E-state index contributed by atoms with van der Waals surface area (Å²) >= 11 is 6.56. The van der Waals surface area contributed by atoms with E-state index in [-0.39, 0.29) is 6.61 Å². The predicted molar refractivity (Wildman–Crippen MR) is 133 cm³/mol. The van der Waals surface area contributed by atoms with E-state index < -0.39 is 29.2 Å². The van der Waals surface area contributed by atoms with Crippen LogP contribution in [0.1, 0.15) is 57.6 Å². The Bertz CT molecular complexity index is 1190. The number of fused-ring (bicyclic) bond motifs is 1. The fourth-order valence-corrected chi connectivity index (χ4v) is 3.53. The maximum atomic E-state index is 13.3. The highest BCUT2D eigenvalue weighted by atomic mass is 35.5. The van der Waals surface area contributed by atoms with Crippen molar-refractivity contribution in [2.75, 3.05) is 6.61 Å². The van der Waals surface area contributed by atoms with Crippen LogP contribution < -0.4 is 10.6 Å². The molecule has 0 saturated heterocycles. The molecule has 1 aromatic carbocycles. The van der Waals surface area contributed by atoms with Gasteiger partial charge in [-0.15, -0.1) is 10.2 Å². The number of alkyl carbamates (subject to hydrolysis) is 1. The zero-order valence-electron chi connectivity index (χ0n) is 20.9. The summed E-state index contributed by atoms with van der Waals surface area (Å²) in [5, 5.41) is 14.5.